The average molecular weight is 454 g/mol. The van der Waals surface area contributed by atoms with Crippen LogP contribution in [0.25, 0.3) is 10.9 Å². The second-order valence-corrected chi connectivity index (χ2v) is 9.91. The number of carbonyl (C=O) groups excluding carboxylic acids is 1. The van der Waals surface area contributed by atoms with Gasteiger partial charge in [0.05, 0.1) is 10.4 Å². The van der Waals surface area contributed by atoms with E-state index in [-0.39, 0.29) is 15.8 Å². The van der Waals surface area contributed by atoms with Crippen LogP contribution in [0.5, 0.6) is 0 Å². The molecule has 0 unspecified atom stereocenters. The van der Waals surface area contributed by atoms with Crippen molar-refractivity contribution < 1.29 is 13.2 Å². The predicted molar refractivity (Wildman–Crippen MR) is 124 cm³/mol. The van der Waals surface area contributed by atoms with Crippen molar-refractivity contribution in [3.05, 3.63) is 76.1 Å². The maximum absolute atomic E-state index is 13.2. The summed E-state index contributed by atoms with van der Waals surface area (Å²) in [5.74, 6) is -0.479. The third-order valence-corrected chi connectivity index (χ3v) is 7.78. The van der Waals surface area contributed by atoms with Gasteiger partial charge in [-0.2, -0.15) is 4.31 Å². The summed E-state index contributed by atoms with van der Waals surface area (Å²) >= 11 is 0. The lowest BCUT2D eigenvalue weighted by atomic mass is 10.1. The third-order valence-electron chi connectivity index (χ3n) is 5.89. The Morgan fingerprint density at radius 2 is 1.75 bits per heavy atom. The van der Waals surface area contributed by atoms with Crippen molar-refractivity contribution in [3.8, 4) is 0 Å². The second-order valence-electron chi connectivity index (χ2n) is 7.97. The zero-order chi connectivity index (χ0) is 22.7. The Bertz CT molecular complexity index is 1290. The van der Waals surface area contributed by atoms with Gasteiger partial charge in [-0.15, -0.1) is 0 Å². The molecule has 8 heteroatoms. The second kappa shape index (κ2) is 9.26. The number of carbonyl (C=O) groups is 1. The molecule has 1 fully saturated rings. The number of nitrogens with zero attached hydrogens (tertiary/aromatic N) is 2. The van der Waals surface area contributed by atoms with Crippen molar-refractivity contribution in [2.24, 2.45) is 0 Å². The predicted octanol–water partition coefficient (Wildman–Crippen LogP) is 3.13. The SMILES string of the molecule is CCn1cc(C(=O)NCc2ccccc2)c(=O)c2cc(S(=O)(=O)N3CCCCC3)ccc21. The molecule has 0 radical (unpaired) electrons. The number of benzene rings is 2. The van der Waals surface area contributed by atoms with Gasteiger partial charge in [0, 0.05) is 37.8 Å². The standard InChI is InChI=1S/C24H27N3O4S/c1-2-26-17-21(24(29)25-16-18-9-5-3-6-10-18)23(28)20-15-19(11-12-22(20)26)32(30,31)27-13-7-4-8-14-27/h3,5-6,9-12,15,17H,2,4,7-8,13-14,16H2,1H3,(H,25,29). The highest BCUT2D eigenvalue weighted by molar-refractivity contribution is 7.89. The number of fused-ring (bicyclic) bond motifs is 1. The summed E-state index contributed by atoms with van der Waals surface area (Å²) in [6.45, 7) is 3.72. The van der Waals surface area contributed by atoms with E-state index in [0.717, 1.165) is 24.8 Å². The number of rotatable bonds is 6. The average Bonchev–Trinajstić information content (AvgIpc) is 2.84. The van der Waals surface area contributed by atoms with Gasteiger partial charge in [0.1, 0.15) is 5.56 Å². The Hall–Kier alpha value is -2.97. The quantitative estimate of drug-likeness (QED) is 0.621. The van der Waals surface area contributed by atoms with E-state index in [1.54, 1.807) is 22.9 Å². The zero-order valence-electron chi connectivity index (χ0n) is 18.1. The third kappa shape index (κ3) is 4.33. The van der Waals surface area contributed by atoms with Crippen LogP contribution >= 0.6 is 0 Å². The van der Waals surface area contributed by atoms with Crippen molar-refractivity contribution >= 4 is 26.8 Å². The molecule has 2 heterocycles. The van der Waals surface area contributed by atoms with Gasteiger partial charge in [-0.25, -0.2) is 8.42 Å². The first kappa shape index (κ1) is 22.2. The molecular weight excluding hydrogens is 426 g/mol. The van der Waals surface area contributed by atoms with E-state index in [0.29, 0.717) is 31.7 Å². The molecule has 1 amide bonds. The molecule has 7 nitrogen and oxygen atoms in total. The van der Waals surface area contributed by atoms with Crippen LogP contribution in [0.1, 0.15) is 42.1 Å². The molecular formula is C24H27N3O4S. The number of nitrogens with one attached hydrogen (secondary N) is 1. The Kier molecular flexibility index (Phi) is 6.43. The normalized spacial score (nSPS) is 15.0. The van der Waals surface area contributed by atoms with Gasteiger partial charge in [0.2, 0.25) is 15.5 Å². The highest BCUT2D eigenvalue weighted by atomic mass is 32.2. The first-order chi connectivity index (χ1) is 15.4. The molecule has 32 heavy (non-hydrogen) atoms. The van der Waals surface area contributed by atoms with Crippen LogP contribution in [0.3, 0.4) is 0 Å². The van der Waals surface area contributed by atoms with Crippen LogP contribution in [0.2, 0.25) is 0 Å². The largest absolute Gasteiger partial charge is 0.348 e. The molecule has 168 valence electrons. The molecule has 2 aromatic carbocycles. The van der Waals surface area contributed by atoms with E-state index in [4.69, 9.17) is 0 Å². The Morgan fingerprint density at radius 1 is 1.03 bits per heavy atom. The Morgan fingerprint density at radius 3 is 2.44 bits per heavy atom. The fraction of sp³-hybridized carbons (Fsp3) is 0.333. The summed E-state index contributed by atoms with van der Waals surface area (Å²) in [5, 5.41) is 3.02. The van der Waals surface area contributed by atoms with Crippen molar-refractivity contribution in [2.45, 2.75) is 44.2 Å². The van der Waals surface area contributed by atoms with Crippen LogP contribution in [0, 0.1) is 0 Å². The molecule has 0 spiro atoms. The number of aromatic nitrogens is 1. The van der Waals surface area contributed by atoms with Crippen molar-refractivity contribution in [3.63, 3.8) is 0 Å². The van der Waals surface area contributed by atoms with Crippen molar-refractivity contribution in [1.29, 1.82) is 0 Å². The monoisotopic (exact) mass is 453 g/mol. The van der Waals surface area contributed by atoms with E-state index in [1.165, 1.54) is 10.4 Å². The molecule has 1 aliphatic heterocycles. The molecule has 4 rings (SSSR count). The molecule has 1 N–H and O–H groups in total. The van der Waals surface area contributed by atoms with E-state index < -0.39 is 21.4 Å². The van der Waals surface area contributed by atoms with Crippen LogP contribution in [-0.2, 0) is 23.1 Å². The van der Waals surface area contributed by atoms with Crippen molar-refractivity contribution in [2.75, 3.05) is 13.1 Å². The van der Waals surface area contributed by atoms with Gasteiger partial charge in [0.25, 0.3) is 5.91 Å². The summed E-state index contributed by atoms with van der Waals surface area (Å²) in [6, 6.07) is 14.1. The number of piperidine rings is 1. The van der Waals surface area contributed by atoms with Gasteiger partial charge in [0.15, 0.2) is 0 Å². The number of hydrogen-bond donors (Lipinski definition) is 1. The lowest BCUT2D eigenvalue weighted by molar-refractivity contribution is 0.0949. The van der Waals surface area contributed by atoms with Crippen LogP contribution in [0.15, 0.2) is 64.4 Å². The van der Waals surface area contributed by atoms with Gasteiger partial charge in [-0.05, 0) is 43.5 Å². The molecule has 0 atom stereocenters. The van der Waals surface area contributed by atoms with E-state index in [9.17, 15) is 18.0 Å². The number of hydrogen-bond acceptors (Lipinski definition) is 4. The summed E-state index contributed by atoms with van der Waals surface area (Å²) < 4.78 is 29.5. The fourth-order valence-corrected chi connectivity index (χ4v) is 5.63. The number of sulfonamides is 1. The minimum atomic E-state index is -3.68. The lowest BCUT2D eigenvalue weighted by Crippen LogP contribution is -2.35. The summed E-state index contributed by atoms with van der Waals surface area (Å²) in [7, 11) is -3.68. The summed E-state index contributed by atoms with van der Waals surface area (Å²) in [5.41, 5.74) is 1.07. The minimum Gasteiger partial charge on any atom is -0.348 e. The molecule has 0 saturated carbocycles. The number of pyridine rings is 1. The molecule has 0 aliphatic carbocycles. The first-order valence-corrected chi connectivity index (χ1v) is 12.4. The van der Waals surface area contributed by atoms with E-state index in [2.05, 4.69) is 5.32 Å². The van der Waals surface area contributed by atoms with Crippen LogP contribution in [-0.4, -0.2) is 36.3 Å². The Balaban J connectivity index is 1.72. The van der Waals surface area contributed by atoms with E-state index >= 15 is 0 Å². The maximum atomic E-state index is 13.2. The topological polar surface area (TPSA) is 88.5 Å². The summed E-state index contributed by atoms with van der Waals surface area (Å²) in [6.07, 6.45) is 4.23. The number of aryl methyl sites for hydroxylation is 1. The molecule has 1 aromatic heterocycles. The highest BCUT2D eigenvalue weighted by Gasteiger charge is 2.27. The maximum Gasteiger partial charge on any atom is 0.257 e. The van der Waals surface area contributed by atoms with Crippen molar-refractivity contribution in [1.82, 2.24) is 14.2 Å². The molecule has 0 bridgehead atoms. The highest BCUT2D eigenvalue weighted by Crippen LogP contribution is 2.23. The smallest absolute Gasteiger partial charge is 0.257 e. The Labute approximate surface area is 187 Å². The van der Waals surface area contributed by atoms with Crippen LogP contribution in [0.4, 0.5) is 0 Å². The molecule has 1 aliphatic rings. The van der Waals surface area contributed by atoms with Gasteiger partial charge in [-0.1, -0.05) is 36.8 Å². The molecule has 1 saturated heterocycles. The van der Waals surface area contributed by atoms with Gasteiger partial charge >= 0.3 is 0 Å². The van der Waals surface area contributed by atoms with E-state index in [1.807, 2.05) is 37.3 Å². The molecule has 3 aromatic rings. The number of amides is 1. The zero-order valence-corrected chi connectivity index (χ0v) is 18.9. The fourth-order valence-electron chi connectivity index (χ4n) is 4.09. The van der Waals surface area contributed by atoms with Gasteiger partial charge in [-0.3, -0.25) is 9.59 Å². The van der Waals surface area contributed by atoms with Gasteiger partial charge < -0.3 is 9.88 Å². The summed E-state index contributed by atoms with van der Waals surface area (Å²) in [4.78, 5) is 26.1. The minimum absolute atomic E-state index is 0.00259. The lowest BCUT2D eigenvalue weighted by Gasteiger charge is -2.26. The van der Waals surface area contributed by atoms with Crippen LogP contribution < -0.4 is 10.7 Å². The first-order valence-electron chi connectivity index (χ1n) is 10.9.